The molecule has 1 N–H and O–H groups in total. The third-order valence-electron chi connectivity index (χ3n) is 8.21. The van der Waals surface area contributed by atoms with Crippen LogP contribution in [-0.4, -0.2) is 44.6 Å². The summed E-state index contributed by atoms with van der Waals surface area (Å²) >= 11 is 0. The number of benzene rings is 1. The molecule has 0 radical (unpaired) electrons. The molecule has 0 amide bonds. The van der Waals surface area contributed by atoms with Crippen LogP contribution in [0.4, 0.5) is 5.82 Å². The minimum absolute atomic E-state index is 0.0378. The van der Waals surface area contributed by atoms with E-state index in [1.807, 2.05) is 33.2 Å². The number of rotatable bonds is 5. The topological polar surface area (TPSA) is 74.1 Å². The zero-order chi connectivity index (χ0) is 23.1. The van der Waals surface area contributed by atoms with E-state index in [4.69, 9.17) is 14.5 Å². The number of anilines is 1. The summed E-state index contributed by atoms with van der Waals surface area (Å²) in [4.78, 5) is 13.5. The predicted molar refractivity (Wildman–Crippen MR) is 131 cm³/mol. The maximum absolute atomic E-state index is 6.57. The van der Waals surface area contributed by atoms with Crippen molar-refractivity contribution in [2.75, 3.05) is 12.4 Å². The summed E-state index contributed by atoms with van der Waals surface area (Å²) < 4.78 is 15.4. The Bertz CT molecular complexity index is 1410. The van der Waals surface area contributed by atoms with Crippen molar-refractivity contribution in [3.8, 4) is 0 Å². The number of aryl methyl sites for hydroxylation is 1. The number of hydrogen-bond acceptors (Lipinski definition) is 6. The van der Waals surface area contributed by atoms with E-state index < -0.39 is 5.79 Å². The molecule has 2 aliphatic carbocycles. The summed E-state index contributed by atoms with van der Waals surface area (Å²) in [6.07, 6.45) is 9.06. The van der Waals surface area contributed by atoms with Crippen molar-refractivity contribution in [2.45, 2.75) is 57.1 Å². The van der Waals surface area contributed by atoms with Crippen molar-refractivity contribution < 1.29 is 9.47 Å². The number of pyridine rings is 1. The second kappa shape index (κ2) is 6.99. The summed E-state index contributed by atoms with van der Waals surface area (Å²) in [5, 5.41) is 5.38. The monoisotopic (exact) mass is 455 g/mol. The zero-order valence-corrected chi connectivity index (χ0v) is 19.7. The Hall–Kier alpha value is -3.03. The van der Waals surface area contributed by atoms with Gasteiger partial charge in [-0.25, -0.2) is 15.0 Å². The molecule has 1 unspecified atom stereocenters. The Balaban J connectivity index is 1.20. The van der Waals surface area contributed by atoms with E-state index in [0.717, 1.165) is 35.2 Å². The van der Waals surface area contributed by atoms with Crippen LogP contribution >= 0.6 is 0 Å². The van der Waals surface area contributed by atoms with Gasteiger partial charge in [-0.05, 0) is 68.9 Å². The number of hydrogen-bond donors (Lipinski definition) is 1. The van der Waals surface area contributed by atoms with Gasteiger partial charge in [-0.15, -0.1) is 0 Å². The van der Waals surface area contributed by atoms with Crippen LogP contribution < -0.4 is 5.32 Å². The van der Waals surface area contributed by atoms with E-state index in [1.54, 1.807) is 6.33 Å². The van der Waals surface area contributed by atoms with Crippen molar-refractivity contribution in [2.24, 2.45) is 11.3 Å². The molecule has 7 heteroatoms. The van der Waals surface area contributed by atoms with Gasteiger partial charge in [0.1, 0.15) is 23.9 Å². The van der Waals surface area contributed by atoms with E-state index in [-0.39, 0.29) is 23.7 Å². The first-order chi connectivity index (χ1) is 16.5. The van der Waals surface area contributed by atoms with Crippen LogP contribution in [0.3, 0.4) is 0 Å². The Morgan fingerprint density at radius 2 is 2.00 bits per heavy atom. The first kappa shape index (κ1) is 20.4. The fraction of sp³-hybridized carbons (Fsp3) is 0.444. The van der Waals surface area contributed by atoms with Gasteiger partial charge in [-0.1, -0.05) is 12.1 Å². The number of ether oxygens (including phenoxy) is 2. The van der Waals surface area contributed by atoms with Crippen LogP contribution in [0.2, 0.25) is 0 Å². The lowest BCUT2D eigenvalue weighted by molar-refractivity contribution is -0.161. The van der Waals surface area contributed by atoms with Crippen LogP contribution in [0.1, 0.15) is 38.3 Å². The molecule has 1 aliphatic heterocycles. The lowest BCUT2D eigenvalue weighted by Crippen LogP contribution is -2.32. The van der Waals surface area contributed by atoms with Gasteiger partial charge in [0.05, 0.1) is 17.7 Å². The van der Waals surface area contributed by atoms with Gasteiger partial charge < -0.3 is 19.4 Å². The number of aromatic nitrogens is 4. The van der Waals surface area contributed by atoms with Crippen LogP contribution in [0.15, 0.2) is 55.1 Å². The van der Waals surface area contributed by atoms with Crippen LogP contribution in [0, 0.1) is 11.3 Å². The fourth-order valence-corrected chi connectivity index (χ4v) is 6.61. The van der Waals surface area contributed by atoms with Gasteiger partial charge in [-0.3, -0.25) is 0 Å². The molecule has 0 spiro atoms. The van der Waals surface area contributed by atoms with Gasteiger partial charge in [0.15, 0.2) is 5.79 Å². The minimum atomic E-state index is -0.567. The average Bonchev–Trinajstić information content (AvgIpc) is 3.11. The maximum Gasteiger partial charge on any atom is 0.163 e. The van der Waals surface area contributed by atoms with Crippen LogP contribution in [0.25, 0.3) is 21.9 Å². The molecule has 4 heterocycles. The van der Waals surface area contributed by atoms with E-state index >= 15 is 0 Å². The molecular formula is C27H29N5O2. The Kier molecular flexibility index (Phi) is 4.19. The third kappa shape index (κ3) is 2.93. The molecule has 5 atom stereocenters. The Morgan fingerprint density at radius 3 is 2.88 bits per heavy atom. The molecule has 7 nitrogen and oxygen atoms in total. The molecule has 34 heavy (non-hydrogen) atoms. The molecular weight excluding hydrogens is 426 g/mol. The van der Waals surface area contributed by atoms with E-state index in [0.29, 0.717) is 5.92 Å². The van der Waals surface area contributed by atoms with Crippen molar-refractivity contribution in [3.05, 3.63) is 60.7 Å². The normalized spacial score (nSPS) is 31.0. The summed E-state index contributed by atoms with van der Waals surface area (Å²) in [6, 6.07) is 13.1. The molecule has 3 fully saturated rings. The zero-order valence-electron chi connectivity index (χ0n) is 19.7. The molecule has 2 saturated carbocycles. The van der Waals surface area contributed by atoms with Crippen LogP contribution in [0.5, 0.6) is 0 Å². The quantitative estimate of drug-likeness (QED) is 0.469. The molecule has 1 saturated heterocycles. The van der Waals surface area contributed by atoms with Gasteiger partial charge >= 0.3 is 0 Å². The minimum Gasteiger partial charge on any atom is -0.373 e. The highest BCUT2D eigenvalue weighted by Gasteiger charge is 2.75. The van der Waals surface area contributed by atoms with E-state index in [2.05, 4.69) is 56.4 Å². The largest absolute Gasteiger partial charge is 0.373 e. The lowest BCUT2D eigenvalue weighted by Gasteiger charge is -2.24. The van der Waals surface area contributed by atoms with Crippen molar-refractivity contribution in [1.82, 2.24) is 19.5 Å². The van der Waals surface area contributed by atoms with E-state index in [9.17, 15) is 0 Å². The standard InChI is InChI=1S/C27H29N5O2/c1-26(2)33-23-22(32-11-9-18-14-29-15-30-25(18)32)19-13-27(19,24(23)34-26)10-8-16-4-5-17-6-7-21(28-3)31-20(17)12-16/h4-7,9,11-12,14-15,19,22-24H,8,10,13H2,1-3H3,(H,28,31)/t19-,22-,23+,24+,27?/m1/s1. The molecule has 174 valence electrons. The summed E-state index contributed by atoms with van der Waals surface area (Å²) in [7, 11) is 1.91. The lowest BCUT2D eigenvalue weighted by atomic mass is 9.91. The second-order valence-corrected chi connectivity index (χ2v) is 10.6. The van der Waals surface area contributed by atoms with Gasteiger partial charge in [0.25, 0.3) is 0 Å². The van der Waals surface area contributed by atoms with Crippen molar-refractivity contribution >= 4 is 27.8 Å². The van der Waals surface area contributed by atoms with Crippen molar-refractivity contribution in [1.29, 1.82) is 0 Å². The second-order valence-electron chi connectivity index (χ2n) is 10.6. The van der Waals surface area contributed by atoms with E-state index in [1.165, 1.54) is 17.4 Å². The number of fused-ring (bicyclic) bond motifs is 5. The highest BCUT2D eigenvalue weighted by molar-refractivity contribution is 5.81. The molecule has 3 aliphatic rings. The molecule has 7 rings (SSSR count). The summed E-state index contributed by atoms with van der Waals surface area (Å²) in [5.41, 5.74) is 3.49. The average molecular weight is 456 g/mol. The SMILES string of the molecule is CNc1ccc2ccc(CCC34C[C@@H]3[C@@H](n3ccc5cncnc53)[C@@H]3OC(C)(C)O[C@@H]34)cc2n1. The summed E-state index contributed by atoms with van der Waals surface area (Å²) in [5.74, 6) is 0.856. The predicted octanol–water partition coefficient (Wildman–Crippen LogP) is 4.74. The molecule has 3 aromatic heterocycles. The summed E-state index contributed by atoms with van der Waals surface area (Å²) in [6.45, 7) is 4.08. The first-order valence-corrected chi connectivity index (χ1v) is 12.2. The number of nitrogens with one attached hydrogen (secondary N) is 1. The Labute approximate surface area is 198 Å². The highest BCUT2D eigenvalue weighted by atomic mass is 16.8. The van der Waals surface area contributed by atoms with Crippen LogP contribution in [-0.2, 0) is 15.9 Å². The molecule has 0 bridgehead atoms. The Morgan fingerprint density at radius 1 is 1.12 bits per heavy atom. The maximum atomic E-state index is 6.57. The van der Waals surface area contributed by atoms with Crippen molar-refractivity contribution in [3.63, 3.8) is 0 Å². The molecule has 4 aromatic rings. The van der Waals surface area contributed by atoms with Gasteiger partial charge in [0, 0.05) is 35.6 Å². The fourth-order valence-electron chi connectivity index (χ4n) is 6.61. The number of nitrogens with zero attached hydrogens (tertiary/aromatic N) is 4. The third-order valence-corrected chi connectivity index (χ3v) is 8.21. The van der Waals surface area contributed by atoms with Gasteiger partial charge in [-0.2, -0.15) is 0 Å². The van der Waals surface area contributed by atoms with Gasteiger partial charge in [0.2, 0.25) is 0 Å². The first-order valence-electron chi connectivity index (χ1n) is 12.2. The smallest absolute Gasteiger partial charge is 0.163 e. The highest BCUT2D eigenvalue weighted by Crippen LogP contribution is 2.73. The molecule has 1 aromatic carbocycles.